The molecule has 0 aliphatic carbocycles. The number of hydrogen-bond acceptors (Lipinski definition) is 3. The molecule has 0 N–H and O–H groups in total. The molecule has 4 nitrogen and oxygen atoms in total. The van der Waals surface area contributed by atoms with E-state index in [-0.39, 0.29) is 0 Å². The van der Waals surface area contributed by atoms with Crippen molar-refractivity contribution in [1.29, 1.82) is 0 Å². The van der Waals surface area contributed by atoms with Crippen molar-refractivity contribution in [1.82, 2.24) is 0 Å². The average molecular weight is 398 g/mol. The van der Waals surface area contributed by atoms with Crippen LogP contribution in [0, 0.1) is 0 Å². The Morgan fingerprint density at radius 1 is 0.962 bits per heavy atom. The Bertz CT molecular complexity index is 590. The summed E-state index contributed by atoms with van der Waals surface area (Å²) in [6.07, 6.45) is 14.6. The lowest BCUT2D eigenvalue weighted by atomic mass is 10.1. The second kappa shape index (κ2) is 13.1. The van der Waals surface area contributed by atoms with Crippen molar-refractivity contribution in [2.45, 2.75) is 83.7 Å². The first-order chi connectivity index (χ1) is 12.1. The molecule has 0 radical (unpaired) electrons. The highest BCUT2D eigenvalue weighted by molar-refractivity contribution is 7.86. The van der Waals surface area contributed by atoms with Gasteiger partial charge in [0.05, 0.1) is 0 Å². The Balaban J connectivity index is 0.000000660. The molecule has 0 aliphatic heterocycles. The lowest BCUT2D eigenvalue weighted by Crippen LogP contribution is -2.37. The van der Waals surface area contributed by atoms with Crippen LogP contribution in [0.3, 0.4) is 0 Å². The van der Waals surface area contributed by atoms with Crippen molar-refractivity contribution in [3.05, 3.63) is 30.1 Å². The van der Waals surface area contributed by atoms with Crippen LogP contribution >= 0.6 is 0 Å². The first-order valence-corrected chi connectivity index (χ1v) is 10.5. The molecule has 0 amide bonds. The van der Waals surface area contributed by atoms with Gasteiger partial charge in [-0.15, -0.1) is 0 Å². The van der Waals surface area contributed by atoms with Crippen molar-refractivity contribution < 1.29 is 30.7 Å². The second-order valence-corrected chi connectivity index (χ2v) is 7.48. The third-order valence-corrected chi connectivity index (χ3v) is 4.50. The third kappa shape index (κ3) is 11.5. The molecule has 0 saturated heterocycles. The molecule has 8 heteroatoms. The maximum Gasteiger partial charge on any atom is 0.485 e. The van der Waals surface area contributed by atoms with E-state index >= 15 is 0 Å². The average Bonchev–Trinajstić information content (AvgIpc) is 2.56. The van der Waals surface area contributed by atoms with Crippen LogP contribution in [0.5, 0.6) is 0 Å². The summed E-state index contributed by atoms with van der Waals surface area (Å²) in [5.74, 6) is 0. The molecule has 152 valence electrons. The summed E-state index contributed by atoms with van der Waals surface area (Å²) >= 11 is 0. The van der Waals surface area contributed by atoms with Gasteiger partial charge in [0.1, 0.15) is 6.54 Å². The molecule has 0 fully saturated rings. The molecule has 1 rings (SSSR count). The third-order valence-electron chi connectivity index (χ3n) is 3.93. The molecule has 0 aromatic carbocycles. The fourth-order valence-electron chi connectivity index (χ4n) is 2.47. The zero-order valence-corrected chi connectivity index (χ0v) is 16.4. The molecule has 1 heterocycles. The number of pyridine rings is 1. The molecule has 0 aliphatic rings. The lowest BCUT2D eigenvalue weighted by molar-refractivity contribution is -0.704. The highest BCUT2D eigenvalue weighted by Crippen LogP contribution is 2.20. The molecule has 0 unspecified atom stereocenters. The SMILES string of the molecule is CCCCCCCCCC[n+]1ccccc1CC.O=S(=O)([O-])C(F)(F)F. The number of alkyl halides is 3. The predicted octanol–water partition coefficient (Wildman–Crippen LogP) is 4.73. The van der Waals surface area contributed by atoms with Gasteiger partial charge in [0.25, 0.3) is 0 Å². The minimum Gasteiger partial charge on any atom is -0.741 e. The Morgan fingerprint density at radius 2 is 1.46 bits per heavy atom. The number of rotatable bonds is 10. The van der Waals surface area contributed by atoms with Gasteiger partial charge in [-0.2, -0.15) is 13.2 Å². The highest BCUT2D eigenvalue weighted by atomic mass is 32.2. The van der Waals surface area contributed by atoms with Crippen molar-refractivity contribution in [2.75, 3.05) is 0 Å². The highest BCUT2D eigenvalue weighted by Gasteiger charge is 2.36. The standard InChI is InChI=1S/C17H30N.CHF3O3S/c1-3-5-6-7-8-9-10-12-15-18-16-13-11-14-17(18)4-2;2-1(3,4)8(5,6)7/h11,13-14,16H,3-10,12,15H2,1-2H3;(H,5,6,7)/q+1;/p-1. The van der Waals surface area contributed by atoms with Crippen LogP contribution in [0.4, 0.5) is 13.2 Å². The van der Waals surface area contributed by atoms with Crippen LogP contribution in [-0.4, -0.2) is 18.5 Å². The van der Waals surface area contributed by atoms with Crippen LogP contribution in [0.2, 0.25) is 0 Å². The maximum absolute atomic E-state index is 10.7. The molecular formula is C18H30F3NO3S. The molecular weight excluding hydrogens is 367 g/mol. The van der Waals surface area contributed by atoms with Crippen LogP contribution in [0.25, 0.3) is 0 Å². The topological polar surface area (TPSA) is 61.1 Å². The molecule has 0 spiro atoms. The lowest BCUT2D eigenvalue weighted by Gasteiger charge is -2.08. The van der Waals surface area contributed by atoms with Gasteiger partial charge in [-0.05, 0) is 6.42 Å². The summed E-state index contributed by atoms with van der Waals surface area (Å²) in [4.78, 5) is 0. The number of halogens is 3. The molecule has 1 aromatic rings. The number of hydrogen-bond donors (Lipinski definition) is 0. The van der Waals surface area contributed by atoms with E-state index < -0.39 is 15.6 Å². The maximum atomic E-state index is 10.7. The quantitative estimate of drug-likeness (QED) is 0.248. The van der Waals surface area contributed by atoms with Crippen LogP contribution in [-0.2, 0) is 23.1 Å². The van der Waals surface area contributed by atoms with Gasteiger partial charge in [-0.25, -0.2) is 13.0 Å². The van der Waals surface area contributed by atoms with E-state index in [2.05, 4.69) is 42.8 Å². The zero-order chi connectivity index (χ0) is 20.1. The Labute approximate surface area is 155 Å². The van der Waals surface area contributed by atoms with Gasteiger partial charge in [0.2, 0.25) is 0 Å². The van der Waals surface area contributed by atoms with Crippen LogP contribution in [0.1, 0.15) is 70.9 Å². The summed E-state index contributed by atoms with van der Waals surface area (Å²) in [6, 6.07) is 6.53. The van der Waals surface area contributed by atoms with E-state index in [1.807, 2.05) is 0 Å². The van der Waals surface area contributed by atoms with Gasteiger partial charge in [0, 0.05) is 25.0 Å². The van der Waals surface area contributed by atoms with Crippen molar-refractivity contribution in [3.63, 3.8) is 0 Å². The van der Waals surface area contributed by atoms with E-state index in [1.165, 1.54) is 63.6 Å². The van der Waals surface area contributed by atoms with E-state index in [1.54, 1.807) is 0 Å². The predicted molar refractivity (Wildman–Crippen MR) is 94.4 cm³/mol. The summed E-state index contributed by atoms with van der Waals surface area (Å²) in [7, 11) is -6.09. The van der Waals surface area contributed by atoms with E-state index in [4.69, 9.17) is 13.0 Å². The first-order valence-electron chi connectivity index (χ1n) is 9.13. The first kappa shape index (κ1) is 24.8. The minimum absolute atomic E-state index is 1.14. The smallest absolute Gasteiger partial charge is 0.485 e. The van der Waals surface area contributed by atoms with Gasteiger partial charge in [-0.1, -0.05) is 58.4 Å². The Hall–Kier alpha value is -1.15. The van der Waals surface area contributed by atoms with Gasteiger partial charge >= 0.3 is 5.51 Å². The molecule has 1 aromatic heterocycles. The van der Waals surface area contributed by atoms with Gasteiger partial charge in [0.15, 0.2) is 22.0 Å². The summed E-state index contributed by atoms with van der Waals surface area (Å²) in [6.45, 7) is 5.71. The second-order valence-electron chi connectivity index (χ2n) is 6.11. The van der Waals surface area contributed by atoms with E-state index in [0.29, 0.717) is 0 Å². The van der Waals surface area contributed by atoms with Crippen molar-refractivity contribution in [2.24, 2.45) is 0 Å². The van der Waals surface area contributed by atoms with E-state index in [0.717, 1.165) is 6.42 Å². The summed E-state index contributed by atoms with van der Waals surface area (Å²) in [5.41, 5.74) is -4.19. The van der Waals surface area contributed by atoms with Crippen molar-refractivity contribution in [3.8, 4) is 0 Å². The number of nitrogens with zero attached hydrogens (tertiary/aromatic N) is 1. The minimum atomic E-state index is -6.09. The molecule has 0 bridgehead atoms. The largest absolute Gasteiger partial charge is 0.741 e. The fraction of sp³-hybridized carbons (Fsp3) is 0.722. The number of unbranched alkanes of at least 4 members (excludes halogenated alkanes) is 7. The monoisotopic (exact) mass is 397 g/mol. The van der Waals surface area contributed by atoms with Crippen LogP contribution < -0.4 is 4.57 Å². The summed E-state index contributed by atoms with van der Waals surface area (Å²) < 4.78 is 61.3. The van der Waals surface area contributed by atoms with Crippen molar-refractivity contribution >= 4 is 10.1 Å². The number of aromatic nitrogens is 1. The fourth-order valence-corrected chi connectivity index (χ4v) is 2.47. The Morgan fingerprint density at radius 3 is 1.92 bits per heavy atom. The van der Waals surface area contributed by atoms with Gasteiger partial charge < -0.3 is 4.55 Å². The normalized spacial score (nSPS) is 11.8. The molecule has 26 heavy (non-hydrogen) atoms. The van der Waals surface area contributed by atoms with Gasteiger partial charge in [-0.3, -0.25) is 0 Å². The van der Waals surface area contributed by atoms with E-state index in [9.17, 15) is 13.2 Å². The molecule has 0 saturated carbocycles. The Kier molecular flexibility index (Phi) is 12.5. The number of aryl methyl sites for hydroxylation is 2. The van der Waals surface area contributed by atoms with Crippen LogP contribution in [0.15, 0.2) is 24.4 Å². The summed E-state index contributed by atoms with van der Waals surface area (Å²) in [5, 5.41) is 0. The zero-order valence-electron chi connectivity index (χ0n) is 15.6. The molecule has 0 atom stereocenters.